The molecule has 1 atom stereocenters. The lowest BCUT2D eigenvalue weighted by atomic mass is 9.96. The highest BCUT2D eigenvalue weighted by Crippen LogP contribution is 2.26. The highest BCUT2D eigenvalue weighted by atomic mass is 32.2. The summed E-state index contributed by atoms with van der Waals surface area (Å²) in [6.07, 6.45) is 1.17. The standard InChI is InChI=1S/C19H25NO7S2/c1-2-27-19(22)15-7-10-20(11-8-15)18(21)14-3-5-16(6-4-14)29(25,26)17-9-12-28(23,24)13-17/h3-6,15,17H,2,7-13H2,1H3/t17-/m0/s1. The summed E-state index contributed by atoms with van der Waals surface area (Å²) in [6.45, 7) is 2.96. The van der Waals surface area contributed by atoms with E-state index in [1.165, 1.54) is 24.3 Å². The molecule has 8 nitrogen and oxygen atoms in total. The predicted octanol–water partition coefficient (Wildman–Crippen LogP) is 1.06. The third-order valence-corrected chi connectivity index (χ3v) is 9.65. The van der Waals surface area contributed by atoms with Gasteiger partial charge in [-0.25, -0.2) is 16.8 Å². The number of esters is 1. The number of amides is 1. The molecule has 0 spiro atoms. The Morgan fingerprint density at radius 3 is 2.24 bits per heavy atom. The molecule has 0 aliphatic carbocycles. The van der Waals surface area contributed by atoms with Crippen molar-refractivity contribution >= 4 is 31.6 Å². The second-order valence-corrected chi connectivity index (χ2v) is 11.9. The van der Waals surface area contributed by atoms with Crippen LogP contribution in [-0.4, -0.2) is 70.1 Å². The van der Waals surface area contributed by atoms with E-state index in [2.05, 4.69) is 0 Å². The number of hydrogen-bond donors (Lipinski definition) is 0. The number of ether oxygens (including phenoxy) is 1. The van der Waals surface area contributed by atoms with Crippen molar-refractivity contribution in [3.05, 3.63) is 29.8 Å². The summed E-state index contributed by atoms with van der Waals surface area (Å²) in [5, 5.41) is -0.934. The molecule has 160 valence electrons. The Morgan fingerprint density at radius 2 is 1.72 bits per heavy atom. The van der Waals surface area contributed by atoms with E-state index in [1.807, 2.05) is 0 Å². The van der Waals surface area contributed by atoms with Gasteiger partial charge in [-0.3, -0.25) is 9.59 Å². The topological polar surface area (TPSA) is 115 Å². The normalized spacial score (nSPS) is 22.4. The fourth-order valence-electron chi connectivity index (χ4n) is 3.75. The van der Waals surface area contributed by atoms with Gasteiger partial charge in [0, 0.05) is 18.7 Å². The highest BCUT2D eigenvalue weighted by molar-refractivity contribution is 7.96. The van der Waals surface area contributed by atoms with Gasteiger partial charge >= 0.3 is 5.97 Å². The smallest absolute Gasteiger partial charge is 0.309 e. The molecule has 29 heavy (non-hydrogen) atoms. The first-order valence-corrected chi connectivity index (χ1v) is 13.0. The van der Waals surface area contributed by atoms with Crippen LogP contribution in [0.25, 0.3) is 0 Å². The monoisotopic (exact) mass is 443 g/mol. The first kappa shape index (κ1) is 21.8. The van der Waals surface area contributed by atoms with Gasteiger partial charge in [-0.2, -0.15) is 0 Å². The van der Waals surface area contributed by atoms with Gasteiger partial charge in [0.15, 0.2) is 19.7 Å². The fraction of sp³-hybridized carbons (Fsp3) is 0.579. The van der Waals surface area contributed by atoms with Gasteiger partial charge in [0.05, 0.1) is 34.2 Å². The Morgan fingerprint density at radius 1 is 1.10 bits per heavy atom. The van der Waals surface area contributed by atoms with E-state index < -0.39 is 24.9 Å². The predicted molar refractivity (Wildman–Crippen MR) is 106 cm³/mol. The second kappa shape index (κ2) is 8.43. The average Bonchev–Trinajstić information content (AvgIpc) is 3.08. The molecule has 10 heteroatoms. The van der Waals surface area contributed by atoms with Gasteiger partial charge in [-0.05, 0) is 50.5 Å². The maximum absolute atomic E-state index is 12.7. The number of rotatable bonds is 5. The molecular weight excluding hydrogens is 418 g/mol. The number of benzene rings is 1. The first-order chi connectivity index (χ1) is 13.6. The number of piperidine rings is 1. The fourth-order valence-corrected chi connectivity index (χ4v) is 8.11. The number of hydrogen-bond acceptors (Lipinski definition) is 7. The van der Waals surface area contributed by atoms with Crippen molar-refractivity contribution in [3.8, 4) is 0 Å². The summed E-state index contributed by atoms with van der Waals surface area (Å²) in [7, 11) is -7.06. The van der Waals surface area contributed by atoms with Crippen LogP contribution < -0.4 is 0 Å². The molecule has 0 bridgehead atoms. The van der Waals surface area contributed by atoms with Crippen molar-refractivity contribution in [3.63, 3.8) is 0 Å². The molecule has 2 aliphatic heterocycles. The average molecular weight is 444 g/mol. The van der Waals surface area contributed by atoms with E-state index in [9.17, 15) is 26.4 Å². The third kappa shape index (κ3) is 4.80. The van der Waals surface area contributed by atoms with Crippen molar-refractivity contribution in [2.45, 2.75) is 36.3 Å². The zero-order chi connectivity index (χ0) is 21.2. The summed E-state index contributed by atoms with van der Waals surface area (Å²) in [6, 6.07) is 5.63. The first-order valence-electron chi connectivity index (χ1n) is 9.64. The quantitative estimate of drug-likeness (QED) is 0.625. The zero-order valence-electron chi connectivity index (χ0n) is 16.2. The third-order valence-electron chi connectivity index (χ3n) is 5.46. The van der Waals surface area contributed by atoms with Crippen LogP contribution in [0.3, 0.4) is 0 Å². The number of carbonyl (C=O) groups is 2. The van der Waals surface area contributed by atoms with E-state index >= 15 is 0 Å². The van der Waals surface area contributed by atoms with E-state index in [1.54, 1.807) is 11.8 Å². The van der Waals surface area contributed by atoms with Gasteiger partial charge in [0.2, 0.25) is 0 Å². The number of nitrogens with zero attached hydrogens (tertiary/aromatic N) is 1. The zero-order valence-corrected chi connectivity index (χ0v) is 17.9. The van der Waals surface area contributed by atoms with Crippen molar-refractivity contribution in [2.24, 2.45) is 5.92 Å². The van der Waals surface area contributed by atoms with Crippen molar-refractivity contribution in [1.29, 1.82) is 0 Å². The lowest BCUT2D eigenvalue weighted by molar-refractivity contribution is -0.149. The lowest BCUT2D eigenvalue weighted by Gasteiger charge is -2.31. The van der Waals surface area contributed by atoms with Gasteiger partial charge in [0.25, 0.3) is 5.91 Å². The van der Waals surface area contributed by atoms with Gasteiger partial charge in [0.1, 0.15) is 0 Å². The molecule has 0 radical (unpaired) electrons. The minimum atomic E-state index is -3.75. The summed E-state index contributed by atoms with van der Waals surface area (Å²) < 4.78 is 53.5. The van der Waals surface area contributed by atoms with E-state index in [-0.39, 0.29) is 40.6 Å². The van der Waals surface area contributed by atoms with Gasteiger partial charge in [-0.15, -0.1) is 0 Å². The molecule has 2 saturated heterocycles. The Kier molecular flexibility index (Phi) is 6.33. The molecule has 0 unspecified atom stereocenters. The number of likely N-dealkylation sites (tertiary alicyclic amines) is 1. The van der Waals surface area contributed by atoms with Crippen LogP contribution >= 0.6 is 0 Å². The molecule has 1 aromatic rings. The van der Waals surface area contributed by atoms with Crippen LogP contribution in [0.5, 0.6) is 0 Å². The Balaban J connectivity index is 1.65. The Bertz CT molecular complexity index is 976. The molecule has 2 heterocycles. The second-order valence-electron chi connectivity index (χ2n) is 7.41. The molecule has 1 aromatic carbocycles. The van der Waals surface area contributed by atoms with Crippen molar-refractivity contribution in [2.75, 3.05) is 31.2 Å². The van der Waals surface area contributed by atoms with Crippen LogP contribution in [0.15, 0.2) is 29.2 Å². The van der Waals surface area contributed by atoms with Gasteiger partial charge < -0.3 is 9.64 Å². The van der Waals surface area contributed by atoms with Crippen molar-refractivity contribution in [1.82, 2.24) is 4.90 Å². The summed E-state index contributed by atoms with van der Waals surface area (Å²) in [5.74, 6) is -1.13. The Hall–Kier alpha value is -1.94. The van der Waals surface area contributed by atoms with Crippen LogP contribution in [0.4, 0.5) is 0 Å². The van der Waals surface area contributed by atoms with Gasteiger partial charge in [-0.1, -0.05) is 0 Å². The maximum atomic E-state index is 12.7. The highest BCUT2D eigenvalue weighted by Gasteiger charge is 2.38. The minimum absolute atomic E-state index is 0.0252. The van der Waals surface area contributed by atoms with Crippen molar-refractivity contribution < 1.29 is 31.2 Å². The maximum Gasteiger partial charge on any atom is 0.309 e. The summed E-state index contributed by atoms with van der Waals surface area (Å²) >= 11 is 0. The Labute approximate surface area is 171 Å². The molecule has 0 N–H and O–H groups in total. The molecule has 0 saturated carbocycles. The van der Waals surface area contributed by atoms with E-state index in [0.717, 1.165) is 0 Å². The molecule has 1 amide bonds. The molecular formula is C19H25NO7S2. The number of sulfone groups is 2. The minimum Gasteiger partial charge on any atom is -0.466 e. The molecule has 3 rings (SSSR count). The summed E-state index contributed by atoms with van der Waals surface area (Å²) in [4.78, 5) is 26.2. The lowest BCUT2D eigenvalue weighted by Crippen LogP contribution is -2.40. The van der Waals surface area contributed by atoms with E-state index in [0.29, 0.717) is 38.1 Å². The molecule has 2 aliphatic rings. The van der Waals surface area contributed by atoms with Crippen LogP contribution in [0.2, 0.25) is 0 Å². The molecule has 2 fully saturated rings. The van der Waals surface area contributed by atoms with Crippen LogP contribution in [0.1, 0.15) is 36.5 Å². The van der Waals surface area contributed by atoms with Crippen LogP contribution in [-0.2, 0) is 29.2 Å². The number of carbonyl (C=O) groups excluding carboxylic acids is 2. The SMILES string of the molecule is CCOC(=O)C1CCN(C(=O)c2ccc(S(=O)(=O)[C@H]3CCS(=O)(=O)C3)cc2)CC1. The van der Waals surface area contributed by atoms with E-state index in [4.69, 9.17) is 4.74 Å². The summed E-state index contributed by atoms with van der Waals surface area (Å²) in [5.41, 5.74) is 0.359. The molecule has 0 aromatic heterocycles. The van der Waals surface area contributed by atoms with Crippen LogP contribution in [0, 0.1) is 5.92 Å². The largest absolute Gasteiger partial charge is 0.466 e.